The molecule has 164 valence electrons. The minimum atomic E-state index is -0.472. The molecule has 0 atom stereocenters. The lowest BCUT2D eigenvalue weighted by molar-refractivity contribution is -0.142. The molecule has 0 aliphatic rings. The van der Waals surface area contributed by atoms with Crippen molar-refractivity contribution in [3.05, 3.63) is 64.1 Å². The van der Waals surface area contributed by atoms with E-state index in [1.807, 2.05) is 44.4 Å². The highest BCUT2D eigenvalue weighted by molar-refractivity contribution is 5.99. The minimum absolute atomic E-state index is 0.0780. The number of Topliss-reactive ketones (excluding diaryl/α,β-unsaturated/α-hetero) is 1. The Hall–Kier alpha value is -3.22. The van der Waals surface area contributed by atoms with Gasteiger partial charge in [0.25, 0.3) is 0 Å². The summed E-state index contributed by atoms with van der Waals surface area (Å²) >= 11 is 0. The van der Waals surface area contributed by atoms with Crippen molar-refractivity contribution in [1.82, 2.24) is 14.7 Å². The Morgan fingerprint density at radius 2 is 1.84 bits per heavy atom. The van der Waals surface area contributed by atoms with Crippen LogP contribution in [-0.2, 0) is 16.0 Å². The first-order chi connectivity index (χ1) is 14.7. The first-order valence-electron chi connectivity index (χ1n) is 10.4. The number of aromatic nitrogens is 3. The van der Waals surface area contributed by atoms with Gasteiger partial charge in [0.15, 0.2) is 12.4 Å². The van der Waals surface area contributed by atoms with E-state index in [-0.39, 0.29) is 31.1 Å². The number of aryl methyl sites for hydroxylation is 4. The van der Waals surface area contributed by atoms with Crippen LogP contribution in [0.15, 0.2) is 28.8 Å². The summed E-state index contributed by atoms with van der Waals surface area (Å²) in [5.41, 5.74) is 5.75. The fourth-order valence-electron chi connectivity index (χ4n) is 3.42. The first-order valence-corrected chi connectivity index (χ1v) is 10.4. The Kier molecular flexibility index (Phi) is 6.73. The van der Waals surface area contributed by atoms with Gasteiger partial charge in [0.1, 0.15) is 0 Å². The SMILES string of the molecule is Cc1ccc(-n2c(C)cc(C(=O)COC(=O)CCc3nc(C(C)C)no3)c2C)cc1C. The lowest BCUT2D eigenvalue weighted by Crippen LogP contribution is -2.15. The molecule has 0 radical (unpaired) electrons. The van der Waals surface area contributed by atoms with E-state index in [0.717, 1.165) is 17.1 Å². The monoisotopic (exact) mass is 423 g/mol. The van der Waals surface area contributed by atoms with Crippen molar-refractivity contribution in [2.45, 2.75) is 60.3 Å². The Balaban J connectivity index is 1.61. The zero-order valence-electron chi connectivity index (χ0n) is 19.0. The number of esters is 1. The minimum Gasteiger partial charge on any atom is -0.457 e. The van der Waals surface area contributed by atoms with E-state index in [0.29, 0.717) is 17.3 Å². The van der Waals surface area contributed by atoms with Crippen molar-refractivity contribution in [2.75, 3.05) is 6.61 Å². The van der Waals surface area contributed by atoms with Gasteiger partial charge in [-0.3, -0.25) is 9.59 Å². The third-order valence-electron chi connectivity index (χ3n) is 5.39. The molecule has 3 rings (SSSR count). The van der Waals surface area contributed by atoms with Gasteiger partial charge in [-0.05, 0) is 57.0 Å². The molecule has 2 aromatic heterocycles. The maximum absolute atomic E-state index is 12.7. The molecule has 3 aromatic rings. The highest BCUT2D eigenvalue weighted by atomic mass is 16.5. The Labute approximate surface area is 182 Å². The molecule has 7 nitrogen and oxygen atoms in total. The van der Waals surface area contributed by atoms with Crippen LogP contribution >= 0.6 is 0 Å². The average Bonchev–Trinajstić information content (AvgIpc) is 3.31. The maximum Gasteiger partial charge on any atom is 0.306 e. The molecule has 0 spiro atoms. The fourth-order valence-corrected chi connectivity index (χ4v) is 3.42. The largest absolute Gasteiger partial charge is 0.457 e. The van der Waals surface area contributed by atoms with Gasteiger partial charge < -0.3 is 13.8 Å². The van der Waals surface area contributed by atoms with Crippen LogP contribution < -0.4 is 0 Å². The van der Waals surface area contributed by atoms with Gasteiger partial charge in [0, 0.05) is 35.0 Å². The second kappa shape index (κ2) is 9.29. The standard InChI is InChI=1S/C24H29N3O4/c1-14(2)24-25-22(31-26-24)9-10-23(29)30-13-21(28)20-12-17(5)27(18(20)6)19-8-7-15(3)16(4)11-19/h7-8,11-12,14H,9-10,13H2,1-6H3. The van der Waals surface area contributed by atoms with Gasteiger partial charge in [0.05, 0.1) is 6.42 Å². The molecule has 0 amide bonds. The zero-order valence-corrected chi connectivity index (χ0v) is 19.0. The predicted octanol–water partition coefficient (Wildman–Crippen LogP) is 4.58. The topological polar surface area (TPSA) is 87.2 Å². The van der Waals surface area contributed by atoms with Crippen LogP contribution in [0.3, 0.4) is 0 Å². The summed E-state index contributed by atoms with van der Waals surface area (Å²) in [4.78, 5) is 29.0. The van der Waals surface area contributed by atoms with Crippen molar-refractivity contribution in [1.29, 1.82) is 0 Å². The van der Waals surface area contributed by atoms with Gasteiger partial charge in [-0.1, -0.05) is 25.1 Å². The molecule has 0 saturated carbocycles. The Morgan fingerprint density at radius 3 is 2.48 bits per heavy atom. The van der Waals surface area contributed by atoms with Crippen LogP contribution in [-0.4, -0.2) is 33.1 Å². The molecule has 0 saturated heterocycles. The lowest BCUT2D eigenvalue weighted by atomic mass is 10.1. The zero-order chi connectivity index (χ0) is 22.7. The number of carbonyl (C=O) groups excluding carboxylic acids is 2. The molecule has 0 aliphatic carbocycles. The fraction of sp³-hybridized carbons (Fsp3) is 0.417. The smallest absolute Gasteiger partial charge is 0.306 e. The second-order valence-electron chi connectivity index (χ2n) is 8.17. The summed E-state index contributed by atoms with van der Waals surface area (Å²) in [6, 6.07) is 8.05. The maximum atomic E-state index is 12.7. The van der Waals surface area contributed by atoms with E-state index >= 15 is 0 Å². The summed E-state index contributed by atoms with van der Waals surface area (Å²) in [6.45, 7) is 11.6. The van der Waals surface area contributed by atoms with E-state index < -0.39 is 5.97 Å². The van der Waals surface area contributed by atoms with Crippen LogP contribution in [0, 0.1) is 27.7 Å². The number of hydrogen-bond acceptors (Lipinski definition) is 6. The number of ether oxygens (including phenoxy) is 1. The predicted molar refractivity (Wildman–Crippen MR) is 117 cm³/mol. The molecule has 31 heavy (non-hydrogen) atoms. The molecular weight excluding hydrogens is 394 g/mol. The molecule has 1 aromatic carbocycles. The van der Waals surface area contributed by atoms with E-state index in [1.165, 1.54) is 11.1 Å². The van der Waals surface area contributed by atoms with Crippen LogP contribution in [0.25, 0.3) is 5.69 Å². The van der Waals surface area contributed by atoms with E-state index in [9.17, 15) is 9.59 Å². The van der Waals surface area contributed by atoms with Crippen molar-refractivity contribution in [3.63, 3.8) is 0 Å². The number of ketones is 1. The van der Waals surface area contributed by atoms with E-state index in [4.69, 9.17) is 9.26 Å². The first kappa shape index (κ1) is 22.5. The molecule has 7 heteroatoms. The molecule has 0 bridgehead atoms. The number of hydrogen-bond donors (Lipinski definition) is 0. The van der Waals surface area contributed by atoms with Crippen molar-refractivity contribution in [3.8, 4) is 5.69 Å². The van der Waals surface area contributed by atoms with E-state index in [2.05, 4.69) is 36.1 Å². The van der Waals surface area contributed by atoms with E-state index in [1.54, 1.807) is 0 Å². The highest BCUT2D eigenvalue weighted by Crippen LogP contribution is 2.23. The van der Waals surface area contributed by atoms with Crippen LogP contribution in [0.1, 0.15) is 70.8 Å². The lowest BCUT2D eigenvalue weighted by Gasteiger charge is -2.12. The van der Waals surface area contributed by atoms with Crippen molar-refractivity contribution in [2.24, 2.45) is 0 Å². The second-order valence-corrected chi connectivity index (χ2v) is 8.17. The number of nitrogens with zero attached hydrogens (tertiary/aromatic N) is 3. The van der Waals surface area contributed by atoms with Crippen LogP contribution in [0.5, 0.6) is 0 Å². The van der Waals surface area contributed by atoms with Gasteiger partial charge in [0.2, 0.25) is 11.7 Å². The van der Waals surface area contributed by atoms with Crippen molar-refractivity contribution >= 4 is 11.8 Å². The summed E-state index contributed by atoms with van der Waals surface area (Å²) in [6.07, 6.45) is 0.364. The summed E-state index contributed by atoms with van der Waals surface area (Å²) in [5, 5.41) is 3.87. The summed E-state index contributed by atoms with van der Waals surface area (Å²) in [5.74, 6) is 0.462. The molecule has 0 aliphatic heterocycles. The Bertz CT molecular complexity index is 1110. The van der Waals surface area contributed by atoms with Gasteiger partial charge >= 0.3 is 5.97 Å². The van der Waals surface area contributed by atoms with Crippen molar-refractivity contribution < 1.29 is 18.8 Å². The average molecular weight is 424 g/mol. The van der Waals surface area contributed by atoms with Gasteiger partial charge in [-0.25, -0.2) is 0 Å². The third-order valence-corrected chi connectivity index (χ3v) is 5.39. The molecule has 0 unspecified atom stereocenters. The quantitative estimate of drug-likeness (QED) is 0.389. The number of carbonyl (C=O) groups is 2. The Morgan fingerprint density at radius 1 is 1.10 bits per heavy atom. The molecular formula is C24H29N3O4. The summed E-state index contributed by atoms with van der Waals surface area (Å²) < 4.78 is 12.4. The van der Waals surface area contributed by atoms with Gasteiger partial charge in [-0.15, -0.1) is 0 Å². The van der Waals surface area contributed by atoms with Crippen LogP contribution in [0.2, 0.25) is 0 Å². The molecule has 0 fully saturated rings. The molecule has 0 N–H and O–H groups in total. The van der Waals surface area contributed by atoms with Gasteiger partial charge in [-0.2, -0.15) is 4.98 Å². The third kappa shape index (κ3) is 5.10. The normalized spacial score (nSPS) is 11.2. The summed E-state index contributed by atoms with van der Waals surface area (Å²) in [7, 11) is 0. The highest BCUT2D eigenvalue weighted by Gasteiger charge is 2.19. The van der Waals surface area contributed by atoms with Crippen LogP contribution in [0.4, 0.5) is 0 Å². The molecule has 2 heterocycles. The number of benzene rings is 1. The number of rotatable bonds is 8.